The van der Waals surface area contributed by atoms with Crippen LogP contribution < -0.4 is 16.0 Å². The molecule has 0 spiro atoms. The molecule has 2 rings (SSSR count). The molecule has 126 valence electrons. The highest BCUT2D eigenvalue weighted by molar-refractivity contribution is 8.00. The molecule has 0 aromatic heterocycles. The average molecular weight is 356 g/mol. The van der Waals surface area contributed by atoms with Crippen LogP contribution in [0.1, 0.15) is 25.8 Å². The van der Waals surface area contributed by atoms with E-state index in [-0.39, 0.29) is 35.0 Å². The van der Waals surface area contributed by atoms with Crippen LogP contribution in [0.3, 0.4) is 0 Å². The number of halogens is 1. The standard InChI is InChI=1S/C16H22ClN3O2S/c1-3-12-10(2)19-16(20-15(12)22)23-9-14(21)18-8-11-6-4-5-7-13(11)17/h4-7,10,12,16,19H,3,8-9H2,1-2H3,(H,18,21)(H,20,22). The van der Waals surface area contributed by atoms with Crippen LogP contribution >= 0.6 is 23.4 Å². The molecule has 1 heterocycles. The molecule has 3 unspecified atom stereocenters. The van der Waals surface area contributed by atoms with Gasteiger partial charge in [0.1, 0.15) is 5.50 Å². The fourth-order valence-electron chi connectivity index (χ4n) is 2.53. The number of carbonyl (C=O) groups excluding carboxylic acids is 2. The highest BCUT2D eigenvalue weighted by Crippen LogP contribution is 2.18. The van der Waals surface area contributed by atoms with E-state index >= 15 is 0 Å². The lowest BCUT2D eigenvalue weighted by Crippen LogP contribution is -2.59. The predicted molar refractivity (Wildman–Crippen MR) is 94.1 cm³/mol. The van der Waals surface area contributed by atoms with Gasteiger partial charge in [-0.2, -0.15) is 0 Å². The lowest BCUT2D eigenvalue weighted by molar-refractivity contribution is -0.128. The van der Waals surface area contributed by atoms with Gasteiger partial charge in [-0.05, 0) is 25.0 Å². The fraction of sp³-hybridized carbons (Fsp3) is 0.500. The summed E-state index contributed by atoms with van der Waals surface area (Å²) in [6.07, 6.45) is 0.801. The maximum absolute atomic E-state index is 12.0. The molecule has 2 amide bonds. The Kier molecular flexibility index (Phi) is 6.74. The smallest absolute Gasteiger partial charge is 0.230 e. The number of thioether (sulfide) groups is 1. The Morgan fingerprint density at radius 1 is 1.39 bits per heavy atom. The number of hydrogen-bond acceptors (Lipinski definition) is 4. The topological polar surface area (TPSA) is 70.2 Å². The first-order chi connectivity index (χ1) is 11.0. The lowest BCUT2D eigenvalue weighted by Gasteiger charge is -2.34. The van der Waals surface area contributed by atoms with Crippen molar-refractivity contribution in [2.45, 2.75) is 38.4 Å². The summed E-state index contributed by atoms with van der Waals surface area (Å²) in [4.78, 5) is 23.9. The third-order valence-electron chi connectivity index (χ3n) is 3.88. The van der Waals surface area contributed by atoms with Crippen molar-refractivity contribution < 1.29 is 9.59 Å². The first-order valence-electron chi connectivity index (χ1n) is 7.69. The van der Waals surface area contributed by atoms with Gasteiger partial charge in [-0.15, -0.1) is 11.8 Å². The van der Waals surface area contributed by atoms with E-state index < -0.39 is 0 Å². The molecule has 1 aliphatic heterocycles. The van der Waals surface area contributed by atoms with Crippen LogP contribution in [0.4, 0.5) is 0 Å². The molecule has 3 atom stereocenters. The average Bonchev–Trinajstić information content (AvgIpc) is 2.52. The lowest BCUT2D eigenvalue weighted by atomic mass is 9.96. The third-order valence-corrected chi connectivity index (χ3v) is 5.27. The van der Waals surface area contributed by atoms with Crippen molar-refractivity contribution in [2.24, 2.45) is 5.92 Å². The van der Waals surface area contributed by atoms with Crippen LogP contribution in [0, 0.1) is 5.92 Å². The maximum atomic E-state index is 12.0. The predicted octanol–water partition coefficient (Wildman–Crippen LogP) is 2.11. The van der Waals surface area contributed by atoms with E-state index in [9.17, 15) is 9.59 Å². The first kappa shape index (κ1) is 18.1. The molecule has 1 fully saturated rings. The molecule has 1 saturated heterocycles. The summed E-state index contributed by atoms with van der Waals surface area (Å²) in [7, 11) is 0. The first-order valence-corrected chi connectivity index (χ1v) is 9.12. The zero-order valence-electron chi connectivity index (χ0n) is 13.3. The van der Waals surface area contributed by atoms with Crippen molar-refractivity contribution in [3.63, 3.8) is 0 Å². The summed E-state index contributed by atoms with van der Waals surface area (Å²) in [6.45, 7) is 4.40. The Labute approximate surface area is 145 Å². The number of carbonyl (C=O) groups is 2. The van der Waals surface area contributed by atoms with Crippen LogP contribution in [-0.2, 0) is 16.1 Å². The molecule has 1 aliphatic rings. The largest absolute Gasteiger partial charge is 0.351 e. The number of rotatable bonds is 6. The minimum absolute atomic E-state index is 0.0131. The summed E-state index contributed by atoms with van der Waals surface area (Å²) in [6, 6.07) is 7.52. The third kappa shape index (κ3) is 5.12. The summed E-state index contributed by atoms with van der Waals surface area (Å²) in [5.74, 6) is 0.219. The monoisotopic (exact) mass is 355 g/mol. The van der Waals surface area contributed by atoms with Gasteiger partial charge in [0, 0.05) is 17.6 Å². The molecule has 0 bridgehead atoms. The molecular formula is C16H22ClN3O2S. The minimum Gasteiger partial charge on any atom is -0.351 e. The van der Waals surface area contributed by atoms with E-state index in [1.165, 1.54) is 11.8 Å². The molecule has 1 aromatic carbocycles. The Bertz CT molecular complexity index is 570. The molecule has 23 heavy (non-hydrogen) atoms. The molecule has 5 nitrogen and oxygen atoms in total. The van der Waals surface area contributed by atoms with Crippen LogP contribution in [0.5, 0.6) is 0 Å². The molecule has 0 aliphatic carbocycles. The van der Waals surface area contributed by atoms with E-state index in [1.807, 2.05) is 32.0 Å². The minimum atomic E-state index is -0.230. The van der Waals surface area contributed by atoms with Gasteiger partial charge in [0.05, 0.1) is 11.7 Å². The number of benzene rings is 1. The molecule has 3 N–H and O–H groups in total. The summed E-state index contributed by atoms with van der Waals surface area (Å²) in [5.41, 5.74) is 0.655. The normalized spacial score (nSPS) is 24.1. The van der Waals surface area contributed by atoms with Crippen molar-refractivity contribution in [3.05, 3.63) is 34.9 Å². The molecule has 0 radical (unpaired) electrons. The molecule has 7 heteroatoms. The second-order valence-corrected chi connectivity index (χ2v) is 7.04. The molecular weight excluding hydrogens is 334 g/mol. The van der Waals surface area contributed by atoms with Gasteiger partial charge in [0.2, 0.25) is 11.8 Å². The quantitative estimate of drug-likeness (QED) is 0.731. The summed E-state index contributed by atoms with van der Waals surface area (Å²) >= 11 is 7.43. The Morgan fingerprint density at radius 2 is 2.13 bits per heavy atom. The van der Waals surface area contributed by atoms with E-state index in [0.717, 1.165) is 12.0 Å². The van der Waals surface area contributed by atoms with Crippen molar-refractivity contribution in [3.8, 4) is 0 Å². The molecule has 1 aromatic rings. The Morgan fingerprint density at radius 3 is 2.78 bits per heavy atom. The maximum Gasteiger partial charge on any atom is 0.230 e. The second-order valence-electron chi connectivity index (χ2n) is 5.54. The number of nitrogens with one attached hydrogen (secondary N) is 3. The van der Waals surface area contributed by atoms with E-state index in [0.29, 0.717) is 11.6 Å². The van der Waals surface area contributed by atoms with Gasteiger partial charge in [-0.25, -0.2) is 0 Å². The van der Waals surface area contributed by atoms with Gasteiger partial charge < -0.3 is 10.6 Å². The van der Waals surface area contributed by atoms with E-state index in [2.05, 4.69) is 16.0 Å². The van der Waals surface area contributed by atoms with Crippen molar-refractivity contribution in [2.75, 3.05) is 5.75 Å². The van der Waals surface area contributed by atoms with Gasteiger partial charge in [-0.1, -0.05) is 36.7 Å². The second kappa shape index (κ2) is 8.57. The van der Waals surface area contributed by atoms with Crippen molar-refractivity contribution in [1.82, 2.24) is 16.0 Å². The highest BCUT2D eigenvalue weighted by atomic mass is 35.5. The van der Waals surface area contributed by atoms with Crippen LogP contribution in [0.15, 0.2) is 24.3 Å². The van der Waals surface area contributed by atoms with Crippen LogP contribution in [0.2, 0.25) is 5.02 Å². The fourth-order valence-corrected chi connectivity index (χ4v) is 3.67. The van der Waals surface area contributed by atoms with Gasteiger partial charge in [0.25, 0.3) is 0 Å². The van der Waals surface area contributed by atoms with Gasteiger partial charge in [0.15, 0.2) is 0 Å². The Hall–Kier alpha value is -1.24. The highest BCUT2D eigenvalue weighted by Gasteiger charge is 2.32. The number of hydrogen-bond donors (Lipinski definition) is 3. The van der Waals surface area contributed by atoms with E-state index in [1.54, 1.807) is 6.07 Å². The van der Waals surface area contributed by atoms with Crippen molar-refractivity contribution >= 4 is 35.2 Å². The zero-order chi connectivity index (χ0) is 16.8. The van der Waals surface area contributed by atoms with Crippen molar-refractivity contribution in [1.29, 1.82) is 0 Å². The molecule has 0 saturated carbocycles. The van der Waals surface area contributed by atoms with Crippen LogP contribution in [0.25, 0.3) is 0 Å². The Balaban J connectivity index is 1.75. The SMILES string of the molecule is CCC1C(=O)NC(SCC(=O)NCc2ccccc2Cl)NC1C. The van der Waals surface area contributed by atoms with E-state index in [4.69, 9.17) is 11.6 Å². The summed E-state index contributed by atoms with van der Waals surface area (Å²) < 4.78 is 0. The van der Waals surface area contributed by atoms with Crippen LogP contribution in [-0.4, -0.2) is 29.1 Å². The zero-order valence-corrected chi connectivity index (χ0v) is 14.8. The van der Waals surface area contributed by atoms with Gasteiger partial charge >= 0.3 is 0 Å². The van der Waals surface area contributed by atoms with Gasteiger partial charge in [-0.3, -0.25) is 14.9 Å². The number of amides is 2. The summed E-state index contributed by atoms with van der Waals surface area (Å²) in [5, 5.41) is 9.69.